The molecule has 0 bridgehead atoms. The average Bonchev–Trinajstić information content (AvgIpc) is 3.48. The van der Waals surface area contributed by atoms with Gasteiger partial charge < -0.3 is 4.52 Å². The van der Waals surface area contributed by atoms with E-state index in [4.69, 9.17) is 4.52 Å². The number of thiophene rings is 1. The monoisotopic (exact) mass is 493 g/mol. The molecule has 0 saturated heterocycles. The summed E-state index contributed by atoms with van der Waals surface area (Å²) in [6.45, 7) is 2.01. The van der Waals surface area contributed by atoms with Gasteiger partial charge in [-0.3, -0.25) is 4.31 Å². The van der Waals surface area contributed by atoms with Crippen LogP contribution in [0.4, 0.5) is 18.9 Å². The van der Waals surface area contributed by atoms with Crippen LogP contribution in [0.1, 0.15) is 18.1 Å². The van der Waals surface area contributed by atoms with Gasteiger partial charge in [-0.15, -0.1) is 11.3 Å². The van der Waals surface area contributed by atoms with Crippen molar-refractivity contribution in [3.63, 3.8) is 0 Å². The van der Waals surface area contributed by atoms with Crippen molar-refractivity contribution in [2.24, 2.45) is 0 Å². The molecule has 0 aliphatic rings. The maximum absolute atomic E-state index is 13.3. The van der Waals surface area contributed by atoms with Crippen molar-refractivity contribution in [3.8, 4) is 22.2 Å². The van der Waals surface area contributed by atoms with E-state index in [-0.39, 0.29) is 27.1 Å². The summed E-state index contributed by atoms with van der Waals surface area (Å²) in [5, 5.41) is 5.33. The van der Waals surface area contributed by atoms with Gasteiger partial charge in [-0.1, -0.05) is 36.3 Å². The molecule has 0 atom stereocenters. The summed E-state index contributed by atoms with van der Waals surface area (Å²) in [5.74, 6) is -0.165. The highest BCUT2D eigenvalue weighted by Crippen LogP contribution is 2.36. The first-order valence-corrected chi connectivity index (χ1v) is 12.1. The summed E-state index contributed by atoms with van der Waals surface area (Å²) in [5.41, 5.74) is 0.823. The second-order valence-electron chi connectivity index (χ2n) is 7.11. The lowest BCUT2D eigenvalue weighted by Crippen LogP contribution is -2.26. The topological polar surface area (TPSA) is 76.3 Å². The third kappa shape index (κ3) is 4.51. The number of aryl methyl sites for hydroxylation is 1. The standard InChI is InChI=1S/C22H18F3N3O3S2/c1-3-14-7-9-17(10-8-14)28(2)33(29,30)18-11-12-32-19(18)21-26-20(27-31-21)15-5-4-6-16(13-15)22(23,24)25/h4-13H,3H2,1-2H3. The van der Waals surface area contributed by atoms with Crippen LogP contribution < -0.4 is 4.31 Å². The van der Waals surface area contributed by atoms with Crippen LogP contribution in [0.5, 0.6) is 0 Å². The number of rotatable bonds is 6. The highest BCUT2D eigenvalue weighted by Gasteiger charge is 2.31. The molecule has 4 aromatic rings. The van der Waals surface area contributed by atoms with Gasteiger partial charge in [0.15, 0.2) is 0 Å². The van der Waals surface area contributed by atoms with Crippen LogP contribution in [0, 0.1) is 0 Å². The van der Waals surface area contributed by atoms with Crippen LogP contribution in [0.25, 0.3) is 22.2 Å². The summed E-state index contributed by atoms with van der Waals surface area (Å²) in [4.78, 5) is 4.33. The van der Waals surface area contributed by atoms with Gasteiger partial charge in [-0.05, 0) is 47.7 Å². The molecule has 0 aliphatic carbocycles. The summed E-state index contributed by atoms with van der Waals surface area (Å²) >= 11 is 1.08. The van der Waals surface area contributed by atoms with Crippen LogP contribution in [-0.4, -0.2) is 25.6 Å². The predicted molar refractivity (Wildman–Crippen MR) is 119 cm³/mol. The molecule has 6 nitrogen and oxygen atoms in total. The van der Waals surface area contributed by atoms with Crippen molar-refractivity contribution in [1.29, 1.82) is 0 Å². The van der Waals surface area contributed by atoms with Crippen LogP contribution in [0.3, 0.4) is 0 Å². The number of hydrogen-bond acceptors (Lipinski definition) is 6. The van der Waals surface area contributed by atoms with Gasteiger partial charge in [0, 0.05) is 12.6 Å². The summed E-state index contributed by atoms with van der Waals surface area (Å²) in [6, 6.07) is 13.1. The molecule has 0 amide bonds. The van der Waals surface area contributed by atoms with Crippen molar-refractivity contribution in [2.75, 3.05) is 11.4 Å². The molecular weight excluding hydrogens is 475 g/mol. The molecular formula is C22H18F3N3O3S2. The van der Waals surface area contributed by atoms with Gasteiger partial charge in [0.05, 0.1) is 11.3 Å². The van der Waals surface area contributed by atoms with Gasteiger partial charge in [-0.25, -0.2) is 8.42 Å². The predicted octanol–water partition coefficient (Wildman–Crippen LogP) is 5.87. The molecule has 11 heteroatoms. The Morgan fingerprint density at radius 2 is 1.82 bits per heavy atom. The van der Waals surface area contributed by atoms with Crippen molar-refractivity contribution in [2.45, 2.75) is 24.4 Å². The minimum Gasteiger partial charge on any atom is -0.333 e. The molecule has 0 radical (unpaired) electrons. The van der Waals surface area contributed by atoms with Crippen molar-refractivity contribution in [3.05, 3.63) is 71.1 Å². The van der Waals surface area contributed by atoms with Crippen molar-refractivity contribution < 1.29 is 26.1 Å². The van der Waals surface area contributed by atoms with Crippen LogP contribution in [-0.2, 0) is 22.6 Å². The number of benzene rings is 2. The molecule has 4 rings (SSSR count). The van der Waals surface area contributed by atoms with E-state index in [1.807, 2.05) is 19.1 Å². The van der Waals surface area contributed by atoms with E-state index in [9.17, 15) is 21.6 Å². The number of nitrogens with zero attached hydrogens (tertiary/aromatic N) is 3. The zero-order chi connectivity index (χ0) is 23.8. The molecule has 172 valence electrons. The Bertz CT molecular complexity index is 1380. The van der Waals surface area contributed by atoms with Gasteiger partial charge >= 0.3 is 6.18 Å². The van der Waals surface area contributed by atoms with Crippen LogP contribution in [0.2, 0.25) is 0 Å². The summed E-state index contributed by atoms with van der Waals surface area (Å²) in [7, 11) is -2.52. The SMILES string of the molecule is CCc1ccc(N(C)S(=O)(=O)c2ccsc2-c2nc(-c3cccc(C(F)(F)F)c3)no2)cc1. The molecule has 0 aliphatic heterocycles. The number of anilines is 1. The van der Waals surface area contributed by atoms with Gasteiger partial charge in [-0.2, -0.15) is 18.2 Å². The molecule has 0 spiro atoms. The summed E-state index contributed by atoms with van der Waals surface area (Å²) < 4.78 is 72.0. The first kappa shape index (κ1) is 23.0. The Kier molecular flexibility index (Phi) is 6.02. The Hall–Kier alpha value is -3.18. The minimum absolute atomic E-state index is 0.0335. The van der Waals surface area contributed by atoms with Gasteiger partial charge in [0.25, 0.3) is 15.9 Å². The normalized spacial score (nSPS) is 12.2. The quantitative estimate of drug-likeness (QED) is 0.336. The fourth-order valence-corrected chi connectivity index (χ4v) is 5.66. The van der Waals surface area contributed by atoms with E-state index < -0.39 is 21.8 Å². The largest absolute Gasteiger partial charge is 0.416 e. The smallest absolute Gasteiger partial charge is 0.333 e. The highest BCUT2D eigenvalue weighted by atomic mass is 32.2. The molecule has 33 heavy (non-hydrogen) atoms. The van der Waals surface area contributed by atoms with E-state index >= 15 is 0 Å². The van der Waals surface area contributed by atoms with E-state index in [2.05, 4.69) is 10.1 Å². The first-order valence-electron chi connectivity index (χ1n) is 9.78. The Morgan fingerprint density at radius 1 is 1.09 bits per heavy atom. The molecule has 0 unspecified atom stereocenters. The zero-order valence-electron chi connectivity index (χ0n) is 17.5. The molecule has 0 saturated carbocycles. The number of hydrogen-bond donors (Lipinski definition) is 0. The summed E-state index contributed by atoms with van der Waals surface area (Å²) in [6.07, 6.45) is -3.69. The number of halogens is 3. The second-order valence-corrected chi connectivity index (χ2v) is 9.96. The first-order chi connectivity index (χ1) is 15.6. The molecule has 2 aromatic heterocycles. The van der Waals surface area contributed by atoms with Crippen molar-refractivity contribution >= 4 is 27.0 Å². The number of sulfonamides is 1. The second kappa shape index (κ2) is 8.64. The lowest BCUT2D eigenvalue weighted by molar-refractivity contribution is -0.137. The Balaban J connectivity index is 1.67. The number of aromatic nitrogens is 2. The fourth-order valence-electron chi connectivity index (χ4n) is 3.15. The Labute approximate surface area is 192 Å². The van der Waals surface area contributed by atoms with Crippen LogP contribution >= 0.6 is 11.3 Å². The van der Waals surface area contributed by atoms with Gasteiger partial charge in [0.1, 0.15) is 9.77 Å². The molecule has 0 N–H and O–H groups in total. The van der Waals surface area contributed by atoms with Crippen molar-refractivity contribution in [1.82, 2.24) is 10.1 Å². The maximum Gasteiger partial charge on any atom is 0.416 e. The highest BCUT2D eigenvalue weighted by molar-refractivity contribution is 7.93. The third-order valence-electron chi connectivity index (χ3n) is 5.04. The molecule has 2 aromatic carbocycles. The number of alkyl halides is 3. The lowest BCUT2D eigenvalue weighted by atomic mass is 10.1. The maximum atomic E-state index is 13.3. The van der Waals surface area contributed by atoms with Gasteiger partial charge in [0.2, 0.25) is 5.82 Å². The minimum atomic E-state index is -4.52. The van der Waals surface area contributed by atoms with E-state index in [1.165, 1.54) is 25.2 Å². The fraction of sp³-hybridized carbons (Fsp3) is 0.182. The zero-order valence-corrected chi connectivity index (χ0v) is 19.1. The van der Waals surface area contributed by atoms with E-state index in [0.29, 0.717) is 5.69 Å². The average molecular weight is 494 g/mol. The molecule has 0 fully saturated rings. The third-order valence-corrected chi connectivity index (χ3v) is 7.90. The lowest BCUT2D eigenvalue weighted by Gasteiger charge is -2.19. The molecule has 2 heterocycles. The van der Waals surface area contributed by atoms with Crippen LogP contribution in [0.15, 0.2) is 69.4 Å². The Morgan fingerprint density at radius 3 is 2.48 bits per heavy atom. The van der Waals surface area contributed by atoms with E-state index in [0.717, 1.165) is 39.8 Å². The van der Waals surface area contributed by atoms with E-state index in [1.54, 1.807) is 17.5 Å².